The zero-order chi connectivity index (χ0) is 17.0. The number of ether oxygens (including phenoxy) is 1. The molecule has 0 bridgehead atoms. The van der Waals surface area contributed by atoms with Gasteiger partial charge in [0.25, 0.3) is 0 Å². The largest absolute Gasteiger partial charge is 0.492 e. The topological polar surface area (TPSA) is 46.6 Å². The number of hydrogen-bond acceptors (Lipinski definition) is 3. The van der Waals surface area contributed by atoms with Crippen LogP contribution < -0.4 is 4.74 Å². The van der Waals surface area contributed by atoms with Crippen LogP contribution in [0.25, 0.3) is 0 Å². The van der Waals surface area contributed by atoms with E-state index in [4.69, 9.17) is 16.3 Å². The fourth-order valence-corrected chi connectivity index (χ4v) is 3.13. The molecule has 0 N–H and O–H groups in total. The molecule has 23 heavy (non-hydrogen) atoms. The SMILES string of the molecule is CN(CCOc1cccc(Cl)c1)S(=O)(=O)c1ccc(F)c(F)c1. The van der Waals surface area contributed by atoms with E-state index in [1.807, 2.05) is 0 Å². The Morgan fingerprint density at radius 1 is 1.13 bits per heavy atom. The molecule has 0 spiro atoms. The fraction of sp³-hybridized carbons (Fsp3) is 0.200. The van der Waals surface area contributed by atoms with Gasteiger partial charge in [0, 0.05) is 18.6 Å². The van der Waals surface area contributed by atoms with Crippen molar-refractivity contribution in [2.24, 2.45) is 0 Å². The summed E-state index contributed by atoms with van der Waals surface area (Å²) in [6.07, 6.45) is 0. The van der Waals surface area contributed by atoms with E-state index in [2.05, 4.69) is 0 Å². The number of rotatable bonds is 6. The Kier molecular flexibility index (Phi) is 5.56. The van der Waals surface area contributed by atoms with Crippen molar-refractivity contribution < 1.29 is 21.9 Å². The highest BCUT2D eigenvalue weighted by Gasteiger charge is 2.22. The standard InChI is InChI=1S/C15H14ClF2NO3S/c1-19(7-8-22-12-4-2-3-11(16)9-12)23(20,21)13-5-6-14(17)15(18)10-13/h2-6,9-10H,7-8H2,1H3. The minimum Gasteiger partial charge on any atom is -0.492 e. The molecule has 2 aromatic carbocycles. The molecule has 0 unspecified atom stereocenters. The molecule has 4 nitrogen and oxygen atoms in total. The zero-order valence-corrected chi connectivity index (χ0v) is 13.7. The number of nitrogens with zero attached hydrogens (tertiary/aromatic N) is 1. The van der Waals surface area contributed by atoms with Gasteiger partial charge in [-0.3, -0.25) is 0 Å². The lowest BCUT2D eigenvalue weighted by molar-refractivity contribution is 0.287. The van der Waals surface area contributed by atoms with Crippen molar-refractivity contribution in [2.45, 2.75) is 4.90 Å². The number of hydrogen-bond donors (Lipinski definition) is 0. The summed E-state index contributed by atoms with van der Waals surface area (Å²) in [5.74, 6) is -1.80. The van der Waals surface area contributed by atoms with Gasteiger partial charge >= 0.3 is 0 Å². The van der Waals surface area contributed by atoms with Gasteiger partial charge in [-0.15, -0.1) is 0 Å². The molecule has 0 fully saturated rings. The first kappa shape index (κ1) is 17.7. The van der Waals surface area contributed by atoms with Crippen molar-refractivity contribution in [3.05, 3.63) is 59.1 Å². The molecule has 0 aliphatic rings. The van der Waals surface area contributed by atoms with E-state index in [0.717, 1.165) is 16.4 Å². The average molecular weight is 362 g/mol. The molecule has 0 radical (unpaired) electrons. The summed E-state index contributed by atoms with van der Waals surface area (Å²) < 4.78 is 57.0. The van der Waals surface area contributed by atoms with E-state index in [0.29, 0.717) is 16.8 Å². The van der Waals surface area contributed by atoms with E-state index in [-0.39, 0.29) is 18.0 Å². The molecular formula is C15H14ClF2NO3S. The van der Waals surface area contributed by atoms with Crippen LogP contribution in [0.5, 0.6) is 5.75 Å². The zero-order valence-electron chi connectivity index (χ0n) is 12.2. The van der Waals surface area contributed by atoms with E-state index in [1.165, 1.54) is 7.05 Å². The van der Waals surface area contributed by atoms with Crippen molar-refractivity contribution in [1.82, 2.24) is 4.31 Å². The number of likely N-dealkylation sites (N-methyl/N-ethyl adjacent to an activating group) is 1. The highest BCUT2D eigenvalue weighted by molar-refractivity contribution is 7.89. The van der Waals surface area contributed by atoms with Gasteiger partial charge in [0.1, 0.15) is 12.4 Å². The average Bonchev–Trinajstić information content (AvgIpc) is 2.49. The normalized spacial score (nSPS) is 11.7. The molecule has 2 aromatic rings. The van der Waals surface area contributed by atoms with Crippen LogP contribution in [0.4, 0.5) is 8.78 Å². The summed E-state index contributed by atoms with van der Waals surface area (Å²) in [7, 11) is -2.59. The predicted molar refractivity (Wildman–Crippen MR) is 83.1 cm³/mol. The van der Waals surface area contributed by atoms with Gasteiger partial charge in [0.2, 0.25) is 10.0 Å². The Hall–Kier alpha value is -1.70. The second-order valence-electron chi connectivity index (χ2n) is 4.71. The first-order chi connectivity index (χ1) is 10.8. The molecule has 0 heterocycles. The third kappa shape index (κ3) is 4.40. The van der Waals surface area contributed by atoms with Crippen LogP contribution in [0.1, 0.15) is 0 Å². The van der Waals surface area contributed by atoms with Gasteiger partial charge in [-0.1, -0.05) is 17.7 Å². The molecule has 0 aliphatic carbocycles. The van der Waals surface area contributed by atoms with E-state index >= 15 is 0 Å². The van der Waals surface area contributed by atoms with Crippen LogP contribution in [-0.4, -0.2) is 32.9 Å². The van der Waals surface area contributed by atoms with Crippen LogP contribution in [0.3, 0.4) is 0 Å². The van der Waals surface area contributed by atoms with Gasteiger partial charge in [-0.05, 0) is 36.4 Å². The second kappa shape index (κ2) is 7.25. The Balaban J connectivity index is 2.01. The second-order valence-corrected chi connectivity index (χ2v) is 7.19. The molecule has 0 aliphatic heterocycles. The van der Waals surface area contributed by atoms with E-state index in [9.17, 15) is 17.2 Å². The van der Waals surface area contributed by atoms with E-state index in [1.54, 1.807) is 24.3 Å². The highest BCUT2D eigenvalue weighted by atomic mass is 35.5. The highest BCUT2D eigenvalue weighted by Crippen LogP contribution is 2.19. The molecule has 0 atom stereocenters. The van der Waals surface area contributed by atoms with Crippen LogP contribution in [0, 0.1) is 11.6 Å². The molecule has 124 valence electrons. The van der Waals surface area contributed by atoms with Crippen LogP contribution in [0.15, 0.2) is 47.4 Å². The Labute approximate surface area is 138 Å². The van der Waals surface area contributed by atoms with Crippen LogP contribution in [0.2, 0.25) is 5.02 Å². The fourth-order valence-electron chi connectivity index (χ4n) is 1.79. The molecule has 8 heteroatoms. The van der Waals surface area contributed by atoms with E-state index < -0.39 is 21.7 Å². The Bertz CT molecular complexity index is 799. The third-order valence-corrected chi connectivity index (χ3v) is 5.16. The van der Waals surface area contributed by atoms with Crippen molar-refractivity contribution in [2.75, 3.05) is 20.2 Å². The molecule has 0 amide bonds. The summed E-state index contributed by atoms with van der Waals surface area (Å²) in [6, 6.07) is 9.13. The quantitative estimate of drug-likeness (QED) is 0.793. The minimum absolute atomic E-state index is 0.0356. The monoisotopic (exact) mass is 361 g/mol. The Morgan fingerprint density at radius 2 is 1.87 bits per heavy atom. The first-order valence-electron chi connectivity index (χ1n) is 6.60. The van der Waals surface area contributed by atoms with Crippen LogP contribution >= 0.6 is 11.6 Å². The van der Waals surface area contributed by atoms with Crippen molar-refractivity contribution in [3.63, 3.8) is 0 Å². The molecule has 0 saturated heterocycles. The third-order valence-electron chi connectivity index (χ3n) is 3.07. The molecular weight excluding hydrogens is 348 g/mol. The smallest absolute Gasteiger partial charge is 0.243 e. The molecule has 0 aromatic heterocycles. The molecule has 0 saturated carbocycles. The van der Waals surface area contributed by atoms with Gasteiger partial charge in [0.05, 0.1) is 4.90 Å². The number of halogens is 3. The summed E-state index contributed by atoms with van der Waals surface area (Å²) in [5.41, 5.74) is 0. The van der Waals surface area contributed by atoms with Gasteiger partial charge < -0.3 is 4.74 Å². The van der Waals surface area contributed by atoms with Crippen molar-refractivity contribution in [3.8, 4) is 5.75 Å². The number of sulfonamides is 1. The number of benzene rings is 2. The Morgan fingerprint density at radius 3 is 2.52 bits per heavy atom. The lowest BCUT2D eigenvalue weighted by atomic mass is 10.3. The lowest BCUT2D eigenvalue weighted by Crippen LogP contribution is -2.31. The maximum atomic E-state index is 13.2. The predicted octanol–water partition coefficient (Wildman–Crippen LogP) is 3.32. The minimum atomic E-state index is -3.92. The van der Waals surface area contributed by atoms with Gasteiger partial charge in [-0.25, -0.2) is 17.2 Å². The van der Waals surface area contributed by atoms with Gasteiger partial charge in [0.15, 0.2) is 11.6 Å². The van der Waals surface area contributed by atoms with Crippen molar-refractivity contribution >= 4 is 21.6 Å². The summed E-state index contributed by atoms with van der Waals surface area (Å²) in [6.45, 7) is 0.119. The summed E-state index contributed by atoms with van der Waals surface area (Å²) in [5, 5.41) is 0.505. The maximum Gasteiger partial charge on any atom is 0.243 e. The van der Waals surface area contributed by atoms with Crippen LogP contribution in [-0.2, 0) is 10.0 Å². The maximum absolute atomic E-state index is 13.2. The summed E-state index contributed by atoms with van der Waals surface area (Å²) in [4.78, 5) is -0.318. The van der Waals surface area contributed by atoms with Crippen molar-refractivity contribution in [1.29, 1.82) is 0 Å². The molecule has 2 rings (SSSR count). The summed E-state index contributed by atoms with van der Waals surface area (Å²) >= 11 is 5.81. The lowest BCUT2D eigenvalue weighted by Gasteiger charge is -2.17. The van der Waals surface area contributed by atoms with Gasteiger partial charge in [-0.2, -0.15) is 4.31 Å². The first-order valence-corrected chi connectivity index (χ1v) is 8.42.